The molecule has 1 fully saturated rings. The Hall–Kier alpha value is -0.910. The number of aryl methyl sites for hydroxylation is 1. The van der Waals surface area contributed by atoms with Crippen LogP contribution >= 0.6 is 0 Å². The lowest BCUT2D eigenvalue weighted by Gasteiger charge is -2.23. The second kappa shape index (κ2) is 6.24. The summed E-state index contributed by atoms with van der Waals surface area (Å²) in [4.78, 5) is 0.378. The lowest BCUT2D eigenvalue weighted by Crippen LogP contribution is -2.36. The molecule has 1 aliphatic carbocycles. The molecule has 0 saturated heterocycles. The molecule has 0 amide bonds. The van der Waals surface area contributed by atoms with Gasteiger partial charge < -0.3 is 5.73 Å². The van der Waals surface area contributed by atoms with Crippen molar-refractivity contribution in [2.45, 2.75) is 63.4 Å². The molecular weight excluding hydrogens is 272 g/mol. The van der Waals surface area contributed by atoms with Gasteiger partial charge >= 0.3 is 0 Å². The van der Waals surface area contributed by atoms with E-state index in [-0.39, 0.29) is 6.04 Å². The third-order valence-electron chi connectivity index (χ3n) is 4.13. The van der Waals surface area contributed by atoms with E-state index in [4.69, 9.17) is 5.73 Å². The van der Waals surface area contributed by atoms with Gasteiger partial charge in [0.1, 0.15) is 0 Å². The highest BCUT2D eigenvalue weighted by molar-refractivity contribution is 7.89. The molecule has 20 heavy (non-hydrogen) atoms. The molecule has 1 aromatic carbocycles. The quantitative estimate of drug-likeness (QED) is 0.896. The molecule has 2 rings (SSSR count). The fraction of sp³-hybridized carbons (Fsp3) is 0.600. The standard InChI is InChI=1S/C15H24N2O2S/c1-11-8-13(10-16)9-15(12(11)2)20(18,19)17-14-6-4-3-5-7-14/h8-9,14,17H,3-7,10,16H2,1-2H3. The minimum Gasteiger partial charge on any atom is -0.326 e. The summed E-state index contributed by atoms with van der Waals surface area (Å²) in [5.74, 6) is 0. The summed E-state index contributed by atoms with van der Waals surface area (Å²) in [5, 5.41) is 0. The summed E-state index contributed by atoms with van der Waals surface area (Å²) in [5.41, 5.74) is 8.29. The summed E-state index contributed by atoms with van der Waals surface area (Å²) in [7, 11) is -3.45. The van der Waals surface area contributed by atoms with Crippen LogP contribution in [0.2, 0.25) is 0 Å². The predicted octanol–water partition coefficient (Wildman–Crippen LogP) is 2.37. The van der Waals surface area contributed by atoms with E-state index < -0.39 is 10.0 Å². The first-order valence-electron chi connectivity index (χ1n) is 7.26. The number of benzene rings is 1. The molecule has 1 aromatic rings. The Morgan fingerprint density at radius 1 is 1.20 bits per heavy atom. The Morgan fingerprint density at radius 3 is 2.45 bits per heavy atom. The second-order valence-corrected chi connectivity index (χ2v) is 7.38. The third kappa shape index (κ3) is 3.40. The SMILES string of the molecule is Cc1cc(CN)cc(S(=O)(=O)NC2CCCCC2)c1C. The van der Waals surface area contributed by atoms with E-state index in [2.05, 4.69) is 4.72 Å². The zero-order chi connectivity index (χ0) is 14.8. The van der Waals surface area contributed by atoms with Gasteiger partial charge in [-0.25, -0.2) is 13.1 Å². The van der Waals surface area contributed by atoms with Crippen LogP contribution in [0.4, 0.5) is 0 Å². The lowest BCUT2D eigenvalue weighted by molar-refractivity contribution is 0.412. The summed E-state index contributed by atoms with van der Waals surface area (Å²) in [6, 6.07) is 3.73. The van der Waals surface area contributed by atoms with Gasteiger partial charge in [0.15, 0.2) is 0 Å². The van der Waals surface area contributed by atoms with E-state index in [1.807, 2.05) is 19.9 Å². The molecule has 112 valence electrons. The van der Waals surface area contributed by atoms with Crippen molar-refractivity contribution in [3.8, 4) is 0 Å². The average molecular weight is 296 g/mol. The van der Waals surface area contributed by atoms with Crippen LogP contribution < -0.4 is 10.5 Å². The first-order chi connectivity index (χ1) is 9.44. The van der Waals surface area contributed by atoms with E-state index in [0.29, 0.717) is 11.4 Å². The van der Waals surface area contributed by atoms with Gasteiger partial charge in [-0.05, 0) is 49.4 Å². The minimum atomic E-state index is -3.45. The molecule has 0 atom stereocenters. The highest BCUT2D eigenvalue weighted by Crippen LogP contribution is 2.24. The number of nitrogens with one attached hydrogen (secondary N) is 1. The molecule has 0 aliphatic heterocycles. The van der Waals surface area contributed by atoms with Crippen LogP contribution in [-0.4, -0.2) is 14.5 Å². The van der Waals surface area contributed by atoms with E-state index in [9.17, 15) is 8.42 Å². The highest BCUT2D eigenvalue weighted by Gasteiger charge is 2.24. The van der Waals surface area contributed by atoms with Gasteiger partial charge in [-0.1, -0.05) is 25.3 Å². The van der Waals surface area contributed by atoms with Crippen molar-refractivity contribution >= 4 is 10.0 Å². The van der Waals surface area contributed by atoms with E-state index in [1.54, 1.807) is 6.07 Å². The van der Waals surface area contributed by atoms with E-state index >= 15 is 0 Å². The van der Waals surface area contributed by atoms with Crippen molar-refractivity contribution < 1.29 is 8.42 Å². The molecule has 4 nitrogen and oxygen atoms in total. The van der Waals surface area contributed by atoms with Crippen LogP contribution in [0.1, 0.15) is 48.8 Å². The first-order valence-corrected chi connectivity index (χ1v) is 8.75. The van der Waals surface area contributed by atoms with Crippen molar-refractivity contribution in [2.75, 3.05) is 0 Å². The Balaban J connectivity index is 2.30. The fourth-order valence-corrected chi connectivity index (χ4v) is 4.47. The zero-order valence-electron chi connectivity index (χ0n) is 12.3. The maximum Gasteiger partial charge on any atom is 0.241 e. The van der Waals surface area contributed by atoms with Crippen molar-refractivity contribution in [3.63, 3.8) is 0 Å². The molecule has 0 bridgehead atoms. The topological polar surface area (TPSA) is 72.2 Å². The summed E-state index contributed by atoms with van der Waals surface area (Å²) in [6.45, 7) is 4.13. The Bertz CT molecular complexity index is 576. The molecule has 0 radical (unpaired) electrons. The number of nitrogens with two attached hydrogens (primary N) is 1. The molecule has 0 heterocycles. The summed E-state index contributed by atoms with van der Waals surface area (Å²) < 4.78 is 28.0. The lowest BCUT2D eigenvalue weighted by atomic mass is 9.96. The number of sulfonamides is 1. The van der Waals surface area contributed by atoms with Crippen LogP contribution in [0, 0.1) is 13.8 Å². The molecule has 5 heteroatoms. The number of rotatable bonds is 4. The van der Waals surface area contributed by atoms with Crippen LogP contribution in [0.5, 0.6) is 0 Å². The van der Waals surface area contributed by atoms with Crippen LogP contribution in [0.25, 0.3) is 0 Å². The monoisotopic (exact) mass is 296 g/mol. The minimum absolute atomic E-state index is 0.0787. The van der Waals surface area contributed by atoms with Gasteiger partial charge in [0.2, 0.25) is 10.0 Å². The van der Waals surface area contributed by atoms with Gasteiger partial charge in [0.25, 0.3) is 0 Å². The fourth-order valence-electron chi connectivity index (χ4n) is 2.80. The van der Waals surface area contributed by atoms with Crippen molar-refractivity contribution in [2.24, 2.45) is 5.73 Å². The highest BCUT2D eigenvalue weighted by atomic mass is 32.2. The molecule has 3 N–H and O–H groups in total. The first kappa shape index (κ1) is 15.5. The third-order valence-corrected chi connectivity index (χ3v) is 5.78. The molecule has 1 saturated carbocycles. The van der Waals surface area contributed by atoms with Gasteiger partial charge in [-0.15, -0.1) is 0 Å². The summed E-state index contributed by atoms with van der Waals surface area (Å²) in [6.07, 6.45) is 5.29. The van der Waals surface area contributed by atoms with Crippen LogP contribution in [0.3, 0.4) is 0 Å². The normalized spacial score (nSPS) is 17.4. The van der Waals surface area contributed by atoms with Crippen molar-refractivity contribution in [1.82, 2.24) is 4.72 Å². The van der Waals surface area contributed by atoms with Crippen molar-refractivity contribution in [1.29, 1.82) is 0 Å². The number of hydrogen-bond donors (Lipinski definition) is 2. The van der Waals surface area contributed by atoms with Gasteiger partial charge in [-0.2, -0.15) is 0 Å². The molecule has 0 unspecified atom stereocenters. The average Bonchev–Trinajstić information content (AvgIpc) is 2.42. The predicted molar refractivity (Wildman–Crippen MR) is 81.0 cm³/mol. The largest absolute Gasteiger partial charge is 0.326 e. The molecule has 1 aliphatic rings. The van der Waals surface area contributed by atoms with Gasteiger partial charge in [0, 0.05) is 12.6 Å². The van der Waals surface area contributed by atoms with E-state index in [1.165, 1.54) is 6.42 Å². The number of hydrogen-bond acceptors (Lipinski definition) is 3. The second-order valence-electron chi connectivity index (χ2n) is 5.70. The molecule has 0 aromatic heterocycles. The summed E-state index contributed by atoms with van der Waals surface area (Å²) >= 11 is 0. The maximum atomic E-state index is 12.6. The maximum absolute atomic E-state index is 12.6. The van der Waals surface area contributed by atoms with Crippen LogP contribution in [-0.2, 0) is 16.6 Å². The molecular formula is C15H24N2O2S. The van der Waals surface area contributed by atoms with Crippen molar-refractivity contribution in [3.05, 3.63) is 28.8 Å². The van der Waals surface area contributed by atoms with E-state index in [0.717, 1.165) is 42.4 Å². The smallest absolute Gasteiger partial charge is 0.241 e. The Kier molecular flexibility index (Phi) is 4.83. The molecule has 0 spiro atoms. The van der Waals surface area contributed by atoms with Gasteiger partial charge in [-0.3, -0.25) is 0 Å². The van der Waals surface area contributed by atoms with Gasteiger partial charge in [0.05, 0.1) is 4.90 Å². The Morgan fingerprint density at radius 2 is 1.85 bits per heavy atom. The zero-order valence-corrected chi connectivity index (χ0v) is 13.1. The Labute approximate surface area is 121 Å². The van der Waals surface area contributed by atoms with Crippen LogP contribution in [0.15, 0.2) is 17.0 Å².